The summed E-state index contributed by atoms with van der Waals surface area (Å²) < 4.78 is 0. The van der Waals surface area contributed by atoms with E-state index in [-0.39, 0.29) is 0 Å². The average Bonchev–Trinajstić information content (AvgIpc) is 3.02. The topological polar surface area (TPSA) is 84.8 Å². The minimum atomic E-state index is -1.41. The molecule has 0 bridgehead atoms. The summed E-state index contributed by atoms with van der Waals surface area (Å²) in [6.07, 6.45) is 9.31. The van der Waals surface area contributed by atoms with Crippen LogP contribution in [0.4, 0.5) is 11.8 Å². The SMILES string of the molecule is OB(O)c1ccc(CN2CCCC2CNc2nccc(N3CCCCCC3)n2)cc1. The lowest BCUT2D eigenvalue weighted by atomic mass is 9.80. The summed E-state index contributed by atoms with van der Waals surface area (Å²) in [4.78, 5) is 14.1. The number of aromatic nitrogens is 2. The van der Waals surface area contributed by atoms with Gasteiger partial charge in [-0.25, -0.2) is 4.98 Å². The smallest absolute Gasteiger partial charge is 0.423 e. The van der Waals surface area contributed by atoms with Gasteiger partial charge in [0, 0.05) is 38.4 Å². The Bertz CT molecular complexity index is 796. The predicted molar refractivity (Wildman–Crippen MR) is 121 cm³/mol. The van der Waals surface area contributed by atoms with Crippen LogP contribution >= 0.6 is 0 Å². The maximum Gasteiger partial charge on any atom is 0.488 e. The largest absolute Gasteiger partial charge is 0.488 e. The van der Waals surface area contributed by atoms with Crippen molar-refractivity contribution in [3.05, 3.63) is 42.1 Å². The Morgan fingerprint density at radius 3 is 2.47 bits per heavy atom. The van der Waals surface area contributed by atoms with Crippen LogP contribution in [0.2, 0.25) is 0 Å². The van der Waals surface area contributed by atoms with Gasteiger partial charge in [-0.05, 0) is 49.3 Å². The van der Waals surface area contributed by atoms with Crippen LogP contribution < -0.4 is 15.7 Å². The minimum absolute atomic E-state index is 0.443. The minimum Gasteiger partial charge on any atom is -0.423 e. The van der Waals surface area contributed by atoms with E-state index in [2.05, 4.69) is 20.1 Å². The van der Waals surface area contributed by atoms with Crippen molar-refractivity contribution >= 4 is 24.3 Å². The molecule has 0 radical (unpaired) electrons. The summed E-state index contributed by atoms with van der Waals surface area (Å²) in [5, 5.41) is 22.0. The first-order chi connectivity index (χ1) is 14.7. The number of anilines is 2. The molecule has 4 rings (SSSR count). The molecular formula is C22H32BN5O2. The Hall–Kier alpha value is -2.16. The number of nitrogens with zero attached hydrogens (tertiary/aromatic N) is 4. The quantitative estimate of drug-likeness (QED) is 0.600. The van der Waals surface area contributed by atoms with Crippen LogP contribution in [0.1, 0.15) is 44.1 Å². The summed E-state index contributed by atoms with van der Waals surface area (Å²) in [7, 11) is -1.41. The third kappa shape index (κ3) is 5.50. The van der Waals surface area contributed by atoms with Gasteiger partial charge < -0.3 is 20.3 Å². The normalized spacial score (nSPS) is 20.2. The zero-order valence-electron chi connectivity index (χ0n) is 17.6. The number of likely N-dealkylation sites (tertiary alicyclic amines) is 1. The monoisotopic (exact) mass is 409 g/mol. The lowest BCUT2D eigenvalue weighted by molar-refractivity contribution is 0.254. The van der Waals surface area contributed by atoms with Crippen LogP contribution in [-0.4, -0.2) is 64.3 Å². The fourth-order valence-corrected chi connectivity index (χ4v) is 4.48. The van der Waals surface area contributed by atoms with Crippen molar-refractivity contribution in [3.63, 3.8) is 0 Å². The van der Waals surface area contributed by atoms with E-state index in [0.29, 0.717) is 17.5 Å². The van der Waals surface area contributed by atoms with Gasteiger partial charge in [0.1, 0.15) is 5.82 Å². The number of rotatable bonds is 7. The van der Waals surface area contributed by atoms with E-state index in [1.165, 1.54) is 37.7 Å². The lowest BCUT2D eigenvalue weighted by Gasteiger charge is -2.25. The molecule has 0 aliphatic carbocycles. The van der Waals surface area contributed by atoms with Crippen molar-refractivity contribution in [1.82, 2.24) is 14.9 Å². The average molecular weight is 409 g/mol. The van der Waals surface area contributed by atoms with Crippen molar-refractivity contribution < 1.29 is 10.0 Å². The van der Waals surface area contributed by atoms with Gasteiger partial charge in [0.15, 0.2) is 0 Å². The highest BCUT2D eigenvalue weighted by Gasteiger charge is 2.25. The van der Waals surface area contributed by atoms with Crippen molar-refractivity contribution in [1.29, 1.82) is 0 Å². The van der Waals surface area contributed by atoms with E-state index >= 15 is 0 Å². The van der Waals surface area contributed by atoms with Gasteiger partial charge in [0.25, 0.3) is 0 Å². The van der Waals surface area contributed by atoms with Gasteiger partial charge >= 0.3 is 7.12 Å². The maximum absolute atomic E-state index is 9.26. The van der Waals surface area contributed by atoms with Crippen LogP contribution in [0.25, 0.3) is 0 Å². The Labute approximate surface area is 179 Å². The van der Waals surface area contributed by atoms with Crippen LogP contribution in [0.15, 0.2) is 36.5 Å². The molecule has 0 saturated carbocycles. The first-order valence-corrected chi connectivity index (χ1v) is 11.2. The summed E-state index contributed by atoms with van der Waals surface area (Å²) in [6.45, 7) is 4.93. The lowest BCUT2D eigenvalue weighted by Crippen LogP contribution is -2.35. The van der Waals surface area contributed by atoms with Crippen molar-refractivity contribution in [2.24, 2.45) is 0 Å². The second kappa shape index (κ2) is 10.2. The Balaban J connectivity index is 1.33. The van der Waals surface area contributed by atoms with E-state index in [1.54, 1.807) is 12.1 Å². The van der Waals surface area contributed by atoms with Gasteiger partial charge in [-0.1, -0.05) is 37.1 Å². The number of hydrogen-bond acceptors (Lipinski definition) is 7. The number of nitrogens with one attached hydrogen (secondary N) is 1. The van der Waals surface area contributed by atoms with Crippen molar-refractivity contribution in [2.75, 3.05) is 36.4 Å². The predicted octanol–water partition coefficient (Wildman–Crippen LogP) is 1.61. The van der Waals surface area contributed by atoms with Crippen LogP contribution in [0, 0.1) is 0 Å². The van der Waals surface area contributed by atoms with Crippen LogP contribution in [-0.2, 0) is 6.54 Å². The molecule has 3 N–H and O–H groups in total. The fraction of sp³-hybridized carbons (Fsp3) is 0.545. The highest BCUT2D eigenvalue weighted by Crippen LogP contribution is 2.21. The van der Waals surface area contributed by atoms with Gasteiger partial charge in [-0.3, -0.25) is 4.90 Å². The molecule has 2 aliphatic heterocycles. The molecule has 1 aromatic heterocycles. The van der Waals surface area contributed by atoms with Gasteiger partial charge in [0.05, 0.1) is 0 Å². The molecule has 7 nitrogen and oxygen atoms in total. The number of hydrogen-bond donors (Lipinski definition) is 3. The molecule has 2 saturated heterocycles. The van der Waals surface area contributed by atoms with Gasteiger partial charge in [-0.15, -0.1) is 0 Å². The summed E-state index contributed by atoms with van der Waals surface area (Å²) in [5.41, 5.74) is 1.71. The summed E-state index contributed by atoms with van der Waals surface area (Å²) >= 11 is 0. The van der Waals surface area contributed by atoms with Crippen LogP contribution in [0.3, 0.4) is 0 Å². The number of benzene rings is 1. The molecular weight excluding hydrogens is 377 g/mol. The molecule has 1 unspecified atom stereocenters. The molecule has 1 aromatic carbocycles. The Morgan fingerprint density at radius 2 is 1.73 bits per heavy atom. The molecule has 30 heavy (non-hydrogen) atoms. The zero-order valence-corrected chi connectivity index (χ0v) is 17.6. The Kier molecular flexibility index (Phi) is 7.20. The first kappa shape index (κ1) is 21.1. The summed E-state index contributed by atoms with van der Waals surface area (Å²) in [6, 6.07) is 9.98. The van der Waals surface area contributed by atoms with E-state index in [1.807, 2.05) is 24.4 Å². The highest BCUT2D eigenvalue weighted by molar-refractivity contribution is 6.58. The molecule has 2 fully saturated rings. The molecule has 0 amide bonds. The van der Waals surface area contributed by atoms with E-state index in [4.69, 9.17) is 4.98 Å². The third-order valence-electron chi connectivity index (χ3n) is 6.23. The van der Waals surface area contributed by atoms with Crippen molar-refractivity contribution in [3.8, 4) is 0 Å². The standard InChI is InChI=1S/C22H32BN5O2/c29-23(30)19-9-7-18(8-10-19)17-28-15-5-6-20(28)16-25-22-24-12-11-21(26-22)27-13-3-1-2-4-14-27/h7-12,20,29-30H,1-6,13-17H2,(H,24,25,26). The van der Waals surface area contributed by atoms with Crippen LogP contribution in [0.5, 0.6) is 0 Å². The van der Waals surface area contributed by atoms with E-state index < -0.39 is 7.12 Å². The molecule has 8 heteroatoms. The van der Waals surface area contributed by atoms with E-state index in [9.17, 15) is 10.0 Å². The molecule has 0 spiro atoms. The highest BCUT2D eigenvalue weighted by atomic mass is 16.4. The summed E-state index contributed by atoms with van der Waals surface area (Å²) in [5.74, 6) is 1.74. The second-order valence-electron chi connectivity index (χ2n) is 8.40. The maximum atomic E-state index is 9.26. The second-order valence-corrected chi connectivity index (χ2v) is 8.40. The fourth-order valence-electron chi connectivity index (χ4n) is 4.48. The first-order valence-electron chi connectivity index (χ1n) is 11.2. The molecule has 3 heterocycles. The molecule has 2 aromatic rings. The van der Waals surface area contributed by atoms with E-state index in [0.717, 1.165) is 45.0 Å². The molecule has 1 atom stereocenters. The van der Waals surface area contributed by atoms with Gasteiger partial charge in [-0.2, -0.15) is 4.98 Å². The van der Waals surface area contributed by atoms with Gasteiger partial charge in [0.2, 0.25) is 5.95 Å². The zero-order chi connectivity index (χ0) is 20.8. The Morgan fingerprint density at radius 1 is 0.967 bits per heavy atom. The third-order valence-corrected chi connectivity index (χ3v) is 6.23. The molecule has 2 aliphatic rings. The van der Waals surface area contributed by atoms with Crippen molar-refractivity contribution in [2.45, 2.75) is 51.1 Å². The molecule has 160 valence electrons.